The molecular formula is C21H21F6N3O7. The van der Waals surface area contributed by atoms with Gasteiger partial charge < -0.3 is 24.3 Å². The molecule has 37 heavy (non-hydrogen) atoms. The molecule has 2 saturated heterocycles. The largest absolute Gasteiger partial charge is 0.490 e. The number of carbonyl (C=O) groups is 3. The first-order chi connectivity index (χ1) is 17.2. The van der Waals surface area contributed by atoms with Gasteiger partial charge in [-0.05, 0) is 29.8 Å². The van der Waals surface area contributed by atoms with E-state index in [2.05, 4.69) is 9.88 Å². The highest BCUT2D eigenvalue weighted by Crippen LogP contribution is 2.26. The molecule has 2 N–H and O–H groups in total. The maximum Gasteiger partial charge on any atom is 0.490 e. The highest BCUT2D eigenvalue weighted by Gasteiger charge is 2.43. The minimum absolute atomic E-state index is 0.0583. The fourth-order valence-corrected chi connectivity index (χ4v) is 3.38. The van der Waals surface area contributed by atoms with Gasteiger partial charge in [0.15, 0.2) is 0 Å². The third kappa shape index (κ3) is 9.38. The zero-order valence-corrected chi connectivity index (χ0v) is 18.8. The topological polar surface area (TPSA) is 133 Å². The summed E-state index contributed by atoms with van der Waals surface area (Å²) in [7, 11) is 0. The van der Waals surface area contributed by atoms with E-state index in [1.165, 1.54) is 0 Å². The summed E-state index contributed by atoms with van der Waals surface area (Å²) in [6, 6.07) is 7.87. The van der Waals surface area contributed by atoms with Crippen molar-refractivity contribution in [1.29, 1.82) is 0 Å². The first-order valence-corrected chi connectivity index (χ1v) is 10.3. The molecule has 0 spiro atoms. The van der Waals surface area contributed by atoms with Crippen molar-refractivity contribution >= 4 is 17.8 Å². The number of alkyl halides is 6. The van der Waals surface area contributed by atoms with Crippen LogP contribution in [0, 0.1) is 0 Å². The number of ether oxygens (including phenoxy) is 1. The quantitative estimate of drug-likeness (QED) is 0.561. The molecular weight excluding hydrogens is 520 g/mol. The van der Waals surface area contributed by atoms with Gasteiger partial charge in [-0.1, -0.05) is 0 Å². The van der Waals surface area contributed by atoms with Crippen LogP contribution in [0.1, 0.15) is 11.3 Å². The Hall–Kier alpha value is -3.66. The number of morpholine rings is 1. The van der Waals surface area contributed by atoms with E-state index < -0.39 is 24.3 Å². The smallest absolute Gasteiger partial charge is 0.475 e. The number of pyridine rings is 1. The lowest BCUT2D eigenvalue weighted by atomic mass is 10.1. The number of carboxylic acid groups (broad SMARTS) is 2. The van der Waals surface area contributed by atoms with Crippen molar-refractivity contribution in [3.63, 3.8) is 0 Å². The molecule has 2 atom stereocenters. The number of rotatable bonds is 4. The van der Waals surface area contributed by atoms with E-state index in [0.717, 1.165) is 31.0 Å². The molecule has 16 heteroatoms. The van der Waals surface area contributed by atoms with Gasteiger partial charge >= 0.3 is 24.3 Å². The summed E-state index contributed by atoms with van der Waals surface area (Å²) in [5, 5.41) is 14.2. The van der Waals surface area contributed by atoms with Crippen molar-refractivity contribution in [2.75, 3.05) is 19.7 Å². The number of carboxylic acids is 2. The Labute approximate surface area is 205 Å². The highest BCUT2D eigenvalue weighted by atomic mass is 19.4. The molecule has 0 aliphatic carbocycles. The lowest BCUT2D eigenvalue weighted by Gasteiger charge is -2.36. The third-order valence-electron chi connectivity index (χ3n) is 5.00. The molecule has 2 aromatic rings. The fraction of sp³-hybridized carbons (Fsp3) is 0.429. The monoisotopic (exact) mass is 541 g/mol. The number of nitrogens with zero attached hydrogens (tertiary/aromatic N) is 3. The predicted molar refractivity (Wildman–Crippen MR) is 110 cm³/mol. The van der Waals surface area contributed by atoms with Gasteiger partial charge in [-0.2, -0.15) is 26.3 Å². The summed E-state index contributed by atoms with van der Waals surface area (Å²) in [5.41, 5.74) is 1.10. The molecule has 2 aliphatic heterocycles. The maximum atomic E-state index is 12.3. The number of likely N-dealkylation sites (tertiary alicyclic amines) is 1. The highest BCUT2D eigenvalue weighted by molar-refractivity contribution is 5.78. The van der Waals surface area contributed by atoms with Crippen molar-refractivity contribution in [2.45, 2.75) is 37.6 Å². The van der Waals surface area contributed by atoms with Gasteiger partial charge in [-0.15, -0.1) is 0 Å². The molecule has 2 aromatic heterocycles. The Morgan fingerprint density at radius 1 is 0.973 bits per heavy atom. The molecule has 0 unspecified atom stereocenters. The summed E-state index contributed by atoms with van der Waals surface area (Å²) in [6.07, 6.45) is -4.89. The average molecular weight is 541 g/mol. The minimum atomic E-state index is -5.08. The lowest BCUT2D eigenvalue weighted by molar-refractivity contribution is -0.193. The SMILES string of the molecule is O=C(O)C(F)(F)F.O=C(O)C(F)(F)F.O=C1CO[C@@H]2CN(Cc3ccco3)C[C@H]2N1Cc1ccncc1. The number of halogens is 6. The van der Waals surface area contributed by atoms with Crippen LogP contribution in [0.25, 0.3) is 0 Å². The van der Waals surface area contributed by atoms with E-state index in [1.807, 2.05) is 29.2 Å². The van der Waals surface area contributed by atoms with Gasteiger partial charge in [-0.3, -0.25) is 14.7 Å². The number of amides is 1. The van der Waals surface area contributed by atoms with Gasteiger partial charge in [0.05, 0.1) is 25.0 Å². The first kappa shape index (κ1) is 29.6. The second-order valence-corrected chi connectivity index (χ2v) is 7.67. The van der Waals surface area contributed by atoms with Gasteiger partial charge in [0.2, 0.25) is 5.91 Å². The van der Waals surface area contributed by atoms with Crippen molar-refractivity contribution < 1.29 is 60.1 Å². The van der Waals surface area contributed by atoms with E-state index in [4.69, 9.17) is 29.0 Å². The zero-order chi connectivity index (χ0) is 27.8. The predicted octanol–water partition coefficient (Wildman–Crippen LogP) is 2.55. The third-order valence-corrected chi connectivity index (χ3v) is 5.00. The molecule has 4 rings (SSSR count). The van der Waals surface area contributed by atoms with Crippen molar-refractivity contribution in [2.24, 2.45) is 0 Å². The Balaban J connectivity index is 0.000000286. The van der Waals surface area contributed by atoms with Gasteiger partial charge in [0.1, 0.15) is 12.4 Å². The normalized spacial score (nSPS) is 19.7. The summed E-state index contributed by atoms with van der Waals surface area (Å²) in [5.74, 6) is -4.52. The van der Waals surface area contributed by atoms with Crippen LogP contribution in [0.3, 0.4) is 0 Å². The number of hydrogen-bond acceptors (Lipinski definition) is 7. The molecule has 1 amide bonds. The molecule has 0 radical (unpaired) electrons. The Morgan fingerprint density at radius 2 is 1.54 bits per heavy atom. The van der Waals surface area contributed by atoms with Crippen LogP contribution in [-0.4, -0.2) is 87.0 Å². The molecule has 10 nitrogen and oxygen atoms in total. The van der Waals surface area contributed by atoms with Crippen LogP contribution in [0.5, 0.6) is 0 Å². The van der Waals surface area contributed by atoms with Crippen LogP contribution in [0.4, 0.5) is 26.3 Å². The number of furan rings is 1. The van der Waals surface area contributed by atoms with Crippen LogP contribution in [0.2, 0.25) is 0 Å². The van der Waals surface area contributed by atoms with Gasteiger partial charge in [0, 0.05) is 32.0 Å². The van der Waals surface area contributed by atoms with E-state index in [9.17, 15) is 31.1 Å². The number of aromatic nitrogens is 1. The number of hydrogen-bond donors (Lipinski definition) is 2. The number of aliphatic carboxylic acids is 2. The van der Waals surface area contributed by atoms with Crippen LogP contribution >= 0.6 is 0 Å². The Bertz CT molecular complexity index is 1010. The van der Waals surface area contributed by atoms with Crippen molar-refractivity contribution in [3.8, 4) is 0 Å². The first-order valence-electron chi connectivity index (χ1n) is 10.3. The Morgan fingerprint density at radius 3 is 2.03 bits per heavy atom. The minimum Gasteiger partial charge on any atom is -0.475 e. The van der Waals surface area contributed by atoms with Crippen molar-refractivity contribution in [3.05, 3.63) is 54.2 Å². The summed E-state index contributed by atoms with van der Waals surface area (Å²) < 4.78 is 74.7. The van der Waals surface area contributed by atoms with Gasteiger partial charge in [-0.25, -0.2) is 9.59 Å². The molecule has 0 aromatic carbocycles. The van der Waals surface area contributed by atoms with E-state index >= 15 is 0 Å². The lowest BCUT2D eigenvalue weighted by Crippen LogP contribution is -2.53. The molecule has 2 aliphatic rings. The second-order valence-electron chi connectivity index (χ2n) is 7.67. The van der Waals surface area contributed by atoms with Crippen LogP contribution < -0.4 is 0 Å². The van der Waals surface area contributed by atoms with Crippen LogP contribution in [-0.2, 0) is 32.2 Å². The fourth-order valence-electron chi connectivity index (χ4n) is 3.38. The van der Waals surface area contributed by atoms with E-state index in [-0.39, 0.29) is 24.7 Å². The van der Waals surface area contributed by atoms with E-state index in [1.54, 1.807) is 18.7 Å². The summed E-state index contributed by atoms with van der Waals surface area (Å²) >= 11 is 0. The van der Waals surface area contributed by atoms with Gasteiger partial charge in [0.25, 0.3) is 0 Å². The molecule has 204 valence electrons. The Kier molecular flexibility index (Phi) is 10.0. The zero-order valence-electron chi connectivity index (χ0n) is 18.8. The molecule has 4 heterocycles. The number of carbonyl (C=O) groups excluding carboxylic acids is 1. The summed E-state index contributed by atoms with van der Waals surface area (Å²) in [6.45, 7) is 3.16. The average Bonchev–Trinajstić information content (AvgIpc) is 3.46. The summed E-state index contributed by atoms with van der Waals surface area (Å²) in [4.78, 5) is 38.4. The molecule has 0 bridgehead atoms. The van der Waals surface area contributed by atoms with Crippen LogP contribution in [0.15, 0.2) is 47.3 Å². The standard InChI is InChI=1S/C17H19N3O3.2C2HF3O2/c21-17-12-23-16-11-19(9-14-2-1-7-22-14)10-15(16)20(17)8-13-3-5-18-6-4-13;2*3-2(4,5)1(6)7/h1-7,15-16H,8-12H2;2*(H,6,7)/t15-,16-;;/m1../s1. The molecule has 0 saturated carbocycles. The number of fused-ring (bicyclic) bond motifs is 1. The van der Waals surface area contributed by atoms with Crippen molar-refractivity contribution in [1.82, 2.24) is 14.8 Å². The second kappa shape index (κ2) is 12.5. The molecule has 2 fully saturated rings. The maximum absolute atomic E-state index is 12.3. The van der Waals surface area contributed by atoms with E-state index in [0.29, 0.717) is 6.54 Å².